The summed E-state index contributed by atoms with van der Waals surface area (Å²) < 4.78 is 0. The third kappa shape index (κ3) is 2.42. The lowest BCUT2D eigenvalue weighted by molar-refractivity contribution is 0.0176. The molecule has 1 aliphatic heterocycles. The van der Waals surface area contributed by atoms with Crippen LogP contribution in [0.15, 0.2) is 0 Å². The van der Waals surface area contributed by atoms with Crippen LogP contribution in [0.2, 0.25) is 0 Å². The van der Waals surface area contributed by atoms with E-state index in [0.29, 0.717) is 5.41 Å². The lowest BCUT2D eigenvalue weighted by atomic mass is 9.78. The predicted molar refractivity (Wildman–Crippen MR) is 60.7 cm³/mol. The Hall–Kier alpha value is -0.680. The van der Waals surface area contributed by atoms with Crippen molar-refractivity contribution in [2.45, 2.75) is 39.5 Å². The lowest BCUT2D eigenvalue weighted by Crippen LogP contribution is -2.54. The third-order valence-corrected chi connectivity index (χ3v) is 3.19. The number of hydrogen-bond acceptors (Lipinski definition) is 2. The van der Waals surface area contributed by atoms with Gasteiger partial charge in [-0.3, -0.25) is 4.90 Å². The molecule has 0 radical (unpaired) electrons. The summed E-state index contributed by atoms with van der Waals surface area (Å²) in [6.07, 6.45) is 5.77. The standard InChI is InChI=1S/C10H16N2.C2H6/c11-6-3-7-12-8-10(9-12)4-1-2-5-10;1-2/h1-2,4-5,7-9,11H2;1-2H3. The summed E-state index contributed by atoms with van der Waals surface area (Å²) >= 11 is 0. The molecule has 14 heavy (non-hydrogen) atoms. The van der Waals surface area contributed by atoms with Crippen molar-refractivity contribution in [3.63, 3.8) is 0 Å². The molecule has 0 atom stereocenters. The molecule has 2 rings (SSSR count). The van der Waals surface area contributed by atoms with Crippen LogP contribution in [-0.2, 0) is 0 Å². The van der Waals surface area contributed by atoms with Crippen LogP contribution >= 0.6 is 0 Å². The zero-order valence-electron chi connectivity index (χ0n) is 9.47. The summed E-state index contributed by atoms with van der Waals surface area (Å²) in [5.74, 6) is 2.91. The molecule has 0 unspecified atom stereocenters. The molecule has 0 bridgehead atoms. The van der Waals surface area contributed by atoms with E-state index in [0.717, 1.165) is 6.54 Å². The van der Waals surface area contributed by atoms with Gasteiger partial charge in [0.15, 0.2) is 0 Å². The number of rotatable bonds is 1. The molecule has 2 nitrogen and oxygen atoms in total. The van der Waals surface area contributed by atoms with Crippen molar-refractivity contribution in [3.05, 3.63) is 0 Å². The summed E-state index contributed by atoms with van der Waals surface area (Å²) in [5, 5.41) is 0. The predicted octanol–water partition coefficient (Wildman–Crippen LogP) is 1.81. The van der Waals surface area contributed by atoms with Crippen molar-refractivity contribution < 1.29 is 0 Å². The van der Waals surface area contributed by atoms with E-state index in [-0.39, 0.29) is 0 Å². The Balaban J connectivity index is 0.000000461. The Morgan fingerprint density at radius 2 is 1.79 bits per heavy atom. The van der Waals surface area contributed by atoms with Crippen LogP contribution in [0.1, 0.15) is 39.5 Å². The van der Waals surface area contributed by atoms with Gasteiger partial charge in [-0.05, 0) is 18.3 Å². The first-order valence-corrected chi connectivity index (χ1v) is 5.76. The minimum Gasteiger partial charge on any atom is -0.359 e. The average molecular weight is 194 g/mol. The second-order valence-corrected chi connectivity index (χ2v) is 4.17. The fourth-order valence-electron chi connectivity index (χ4n) is 2.61. The minimum atomic E-state index is 0.705. The van der Waals surface area contributed by atoms with Crippen molar-refractivity contribution in [2.24, 2.45) is 11.1 Å². The highest BCUT2D eigenvalue weighted by molar-refractivity contribution is 5.04. The Kier molecular flexibility index (Phi) is 4.28. The lowest BCUT2D eigenvalue weighted by Gasteiger charge is -2.47. The van der Waals surface area contributed by atoms with Crippen LogP contribution in [0.25, 0.3) is 0 Å². The van der Waals surface area contributed by atoms with Crippen LogP contribution in [-0.4, -0.2) is 24.5 Å². The quantitative estimate of drug-likeness (QED) is 0.509. The molecule has 1 saturated heterocycles. The van der Waals surface area contributed by atoms with Gasteiger partial charge in [0.05, 0.1) is 6.54 Å². The van der Waals surface area contributed by atoms with Gasteiger partial charge in [-0.1, -0.05) is 32.6 Å². The van der Waals surface area contributed by atoms with Gasteiger partial charge in [0.25, 0.3) is 0 Å². The molecule has 2 fully saturated rings. The largest absolute Gasteiger partial charge is 0.359 e. The second-order valence-electron chi connectivity index (χ2n) is 4.17. The molecule has 0 aromatic heterocycles. The molecule has 0 amide bonds. The Morgan fingerprint density at radius 3 is 2.29 bits per heavy atom. The Bertz CT molecular complexity index is 210. The first-order chi connectivity index (χ1) is 6.85. The van der Waals surface area contributed by atoms with Crippen molar-refractivity contribution >= 4 is 0 Å². The van der Waals surface area contributed by atoms with Gasteiger partial charge in [-0.15, -0.1) is 0 Å². The maximum atomic E-state index is 5.11. The number of nitrogens with two attached hydrogens (primary N) is 1. The Morgan fingerprint density at radius 1 is 1.21 bits per heavy atom. The fraction of sp³-hybridized carbons (Fsp3) is 0.833. The van der Waals surface area contributed by atoms with E-state index in [9.17, 15) is 0 Å². The van der Waals surface area contributed by atoms with Crippen LogP contribution in [0, 0.1) is 17.4 Å². The molecule has 1 heterocycles. The van der Waals surface area contributed by atoms with E-state index in [1.807, 2.05) is 13.8 Å². The van der Waals surface area contributed by atoms with Crippen LogP contribution < -0.4 is 5.73 Å². The molecule has 80 valence electrons. The normalized spacial score (nSPS) is 23.0. The van der Waals surface area contributed by atoms with Crippen molar-refractivity contribution in [1.29, 1.82) is 0 Å². The van der Waals surface area contributed by atoms with Gasteiger partial charge in [0.2, 0.25) is 0 Å². The molecule has 2 N–H and O–H groups in total. The Labute approximate surface area is 87.8 Å². The van der Waals surface area contributed by atoms with Crippen molar-refractivity contribution in [1.82, 2.24) is 4.90 Å². The van der Waals surface area contributed by atoms with E-state index in [2.05, 4.69) is 16.9 Å². The van der Waals surface area contributed by atoms with E-state index >= 15 is 0 Å². The average Bonchev–Trinajstić information content (AvgIpc) is 2.65. The molecule has 1 saturated carbocycles. The molecule has 0 aromatic rings. The van der Waals surface area contributed by atoms with Gasteiger partial charge in [-0.2, -0.15) is 0 Å². The summed E-state index contributed by atoms with van der Waals surface area (Å²) in [6.45, 7) is 7.40. The van der Waals surface area contributed by atoms with Crippen molar-refractivity contribution in [3.8, 4) is 12.0 Å². The van der Waals surface area contributed by atoms with E-state index in [1.54, 1.807) is 0 Å². The zero-order valence-corrected chi connectivity index (χ0v) is 9.47. The first kappa shape index (κ1) is 11.4. The van der Waals surface area contributed by atoms with Gasteiger partial charge < -0.3 is 5.73 Å². The molecular formula is C12H22N2. The maximum Gasteiger partial charge on any atom is 0.0620 e. The van der Waals surface area contributed by atoms with E-state index < -0.39 is 0 Å². The summed E-state index contributed by atoms with van der Waals surface area (Å²) in [7, 11) is 0. The molecule has 2 heteroatoms. The highest BCUT2D eigenvalue weighted by Crippen LogP contribution is 2.44. The smallest absolute Gasteiger partial charge is 0.0620 e. The SMILES string of the molecule is CC.NC#CCN1CC2(CCCC2)C1. The highest BCUT2D eigenvalue weighted by atomic mass is 15.2. The first-order valence-electron chi connectivity index (χ1n) is 5.76. The van der Waals surface area contributed by atoms with E-state index in [4.69, 9.17) is 5.73 Å². The molecule has 0 aromatic carbocycles. The van der Waals surface area contributed by atoms with Crippen LogP contribution in [0.4, 0.5) is 0 Å². The molecule has 2 aliphatic rings. The van der Waals surface area contributed by atoms with Crippen LogP contribution in [0.3, 0.4) is 0 Å². The van der Waals surface area contributed by atoms with Gasteiger partial charge in [0, 0.05) is 19.1 Å². The summed E-state index contributed by atoms with van der Waals surface area (Å²) in [4.78, 5) is 2.39. The number of hydrogen-bond donors (Lipinski definition) is 1. The minimum absolute atomic E-state index is 0.705. The van der Waals surface area contributed by atoms with Gasteiger partial charge in [-0.25, -0.2) is 0 Å². The van der Waals surface area contributed by atoms with E-state index in [1.165, 1.54) is 38.8 Å². The number of likely N-dealkylation sites (tertiary alicyclic amines) is 1. The monoisotopic (exact) mass is 194 g/mol. The molecule has 1 aliphatic carbocycles. The van der Waals surface area contributed by atoms with Crippen LogP contribution in [0.5, 0.6) is 0 Å². The topological polar surface area (TPSA) is 29.3 Å². The maximum absolute atomic E-state index is 5.11. The number of nitrogens with zero attached hydrogens (tertiary/aromatic N) is 1. The third-order valence-electron chi connectivity index (χ3n) is 3.19. The van der Waals surface area contributed by atoms with Gasteiger partial charge in [0.1, 0.15) is 0 Å². The van der Waals surface area contributed by atoms with Crippen molar-refractivity contribution in [2.75, 3.05) is 19.6 Å². The second kappa shape index (κ2) is 5.26. The molecule has 1 spiro atoms. The zero-order chi connectivity index (χ0) is 10.4. The molecular weight excluding hydrogens is 172 g/mol. The highest BCUT2D eigenvalue weighted by Gasteiger charge is 2.43. The fourth-order valence-corrected chi connectivity index (χ4v) is 2.61. The summed E-state index contributed by atoms with van der Waals surface area (Å²) in [6, 6.07) is 2.45. The summed E-state index contributed by atoms with van der Waals surface area (Å²) in [5.41, 5.74) is 5.82. The van der Waals surface area contributed by atoms with Gasteiger partial charge >= 0.3 is 0 Å².